The van der Waals surface area contributed by atoms with Gasteiger partial charge in [-0.25, -0.2) is 9.97 Å². The molecule has 7 heteroatoms. The fraction of sp³-hybridized carbons (Fsp3) is 0.0435. The van der Waals surface area contributed by atoms with E-state index in [9.17, 15) is 0 Å². The van der Waals surface area contributed by atoms with Crippen LogP contribution in [0.1, 0.15) is 5.56 Å². The predicted octanol–water partition coefficient (Wildman–Crippen LogP) is 5.60. The standard InChI is InChI=1S/C23H16N6S/c1-13-8-15(11-24-10-13)18-2-3-19-21(26-18)22(29-28-19)20-9-17-16(14-5-7-30-12-14)4-6-25-23(17)27-20/h2-12H,1H3,(H,25,27)(H,28,29). The molecule has 0 saturated carbocycles. The van der Waals surface area contributed by atoms with Gasteiger partial charge >= 0.3 is 0 Å². The lowest BCUT2D eigenvalue weighted by atomic mass is 10.1. The smallest absolute Gasteiger partial charge is 0.138 e. The molecule has 0 aliphatic rings. The maximum Gasteiger partial charge on any atom is 0.138 e. The van der Waals surface area contributed by atoms with Gasteiger partial charge in [-0.05, 0) is 70.8 Å². The quantitative estimate of drug-likeness (QED) is 0.399. The highest BCUT2D eigenvalue weighted by molar-refractivity contribution is 7.08. The van der Waals surface area contributed by atoms with Crippen LogP contribution in [0.2, 0.25) is 0 Å². The molecule has 0 unspecified atom stereocenters. The monoisotopic (exact) mass is 408 g/mol. The summed E-state index contributed by atoms with van der Waals surface area (Å²) in [5.41, 5.74) is 9.52. The minimum absolute atomic E-state index is 0.779. The van der Waals surface area contributed by atoms with Crippen LogP contribution in [0.3, 0.4) is 0 Å². The normalized spacial score (nSPS) is 11.5. The SMILES string of the molecule is Cc1cncc(-c2ccc3[nH]nc(-c4cc5c(-c6ccsc6)ccnc5[nH]4)c3n2)c1. The van der Waals surface area contributed by atoms with Crippen LogP contribution < -0.4 is 0 Å². The third-order valence-electron chi connectivity index (χ3n) is 5.20. The first-order valence-corrected chi connectivity index (χ1v) is 10.5. The van der Waals surface area contributed by atoms with E-state index in [0.717, 1.165) is 55.8 Å². The first-order valence-electron chi connectivity index (χ1n) is 9.54. The Labute approximate surface area is 175 Å². The molecule has 6 heterocycles. The van der Waals surface area contributed by atoms with Crippen LogP contribution >= 0.6 is 11.3 Å². The lowest BCUT2D eigenvalue weighted by Crippen LogP contribution is -1.88. The number of nitrogens with one attached hydrogen (secondary N) is 2. The van der Waals surface area contributed by atoms with Gasteiger partial charge in [0.2, 0.25) is 0 Å². The zero-order valence-corrected chi connectivity index (χ0v) is 16.9. The van der Waals surface area contributed by atoms with Gasteiger partial charge in [0.25, 0.3) is 0 Å². The van der Waals surface area contributed by atoms with Crippen molar-refractivity contribution in [2.24, 2.45) is 0 Å². The maximum absolute atomic E-state index is 4.89. The van der Waals surface area contributed by atoms with E-state index in [1.54, 1.807) is 11.3 Å². The zero-order valence-electron chi connectivity index (χ0n) is 16.0. The molecule has 30 heavy (non-hydrogen) atoms. The van der Waals surface area contributed by atoms with Gasteiger partial charge in [0.05, 0.1) is 16.9 Å². The van der Waals surface area contributed by atoms with Gasteiger partial charge in [-0.15, -0.1) is 0 Å². The molecule has 0 fully saturated rings. The van der Waals surface area contributed by atoms with Crippen molar-refractivity contribution in [3.8, 4) is 33.8 Å². The Hall–Kier alpha value is -3.84. The summed E-state index contributed by atoms with van der Waals surface area (Å²) in [6, 6.07) is 12.4. The zero-order chi connectivity index (χ0) is 20.1. The third kappa shape index (κ3) is 2.71. The van der Waals surface area contributed by atoms with Crippen molar-refractivity contribution in [2.45, 2.75) is 6.92 Å². The largest absolute Gasteiger partial charge is 0.338 e. The Kier molecular flexibility index (Phi) is 3.75. The predicted molar refractivity (Wildman–Crippen MR) is 120 cm³/mol. The van der Waals surface area contributed by atoms with Crippen molar-refractivity contribution >= 4 is 33.4 Å². The topological polar surface area (TPSA) is 83.1 Å². The van der Waals surface area contributed by atoms with E-state index in [1.807, 2.05) is 43.7 Å². The fourth-order valence-corrected chi connectivity index (χ4v) is 4.42. The molecule has 0 aromatic carbocycles. The lowest BCUT2D eigenvalue weighted by Gasteiger charge is -2.02. The summed E-state index contributed by atoms with van der Waals surface area (Å²) in [4.78, 5) is 17.1. The molecule has 0 amide bonds. The molecule has 0 aliphatic heterocycles. The Morgan fingerprint density at radius 1 is 1.00 bits per heavy atom. The molecule has 0 saturated heterocycles. The molecule has 0 atom stereocenters. The second-order valence-corrected chi connectivity index (χ2v) is 8.01. The van der Waals surface area contributed by atoms with E-state index in [2.05, 4.69) is 54.1 Å². The van der Waals surface area contributed by atoms with E-state index in [0.29, 0.717) is 0 Å². The number of nitrogens with zero attached hydrogens (tertiary/aromatic N) is 4. The highest BCUT2D eigenvalue weighted by Gasteiger charge is 2.16. The molecule has 0 spiro atoms. The maximum atomic E-state index is 4.89. The third-order valence-corrected chi connectivity index (χ3v) is 5.88. The minimum atomic E-state index is 0.779. The van der Waals surface area contributed by atoms with Crippen molar-refractivity contribution in [3.63, 3.8) is 0 Å². The van der Waals surface area contributed by atoms with E-state index >= 15 is 0 Å². The average Bonchev–Trinajstić information content (AvgIpc) is 3.51. The summed E-state index contributed by atoms with van der Waals surface area (Å²) in [7, 11) is 0. The molecule has 6 rings (SSSR count). The molecule has 6 aromatic rings. The second-order valence-electron chi connectivity index (χ2n) is 7.23. The minimum Gasteiger partial charge on any atom is -0.338 e. The Balaban J connectivity index is 1.52. The number of pyridine rings is 3. The van der Waals surface area contributed by atoms with Crippen molar-refractivity contribution in [3.05, 3.63) is 71.3 Å². The molecule has 6 aromatic heterocycles. The molecule has 144 valence electrons. The van der Waals surface area contributed by atoms with E-state index in [-0.39, 0.29) is 0 Å². The van der Waals surface area contributed by atoms with Crippen LogP contribution in [0.15, 0.2) is 65.7 Å². The van der Waals surface area contributed by atoms with E-state index < -0.39 is 0 Å². The van der Waals surface area contributed by atoms with E-state index in [1.165, 1.54) is 5.56 Å². The number of thiophene rings is 1. The molecule has 6 nitrogen and oxygen atoms in total. The molecule has 0 aliphatic carbocycles. The van der Waals surface area contributed by atoms with Gasteiger partial charge in [-0.1, -0.05) is 0 Å². The first-order chi connectivity index (χ1) is 14.8. The van der Waals surface area contributed by atoms with Crippen LogP contribution in [0.4, 0.5) is 0 Å². The number of H-pyrrole nitrogens is 2. The molecule has 0 bridgehead atoms. The number of fused-ring (bicyclic) bond motifs is 2. The second kappa shape index (κ2) is 6.60. The highest BCUT2D eigenvalue weighted by atomic mass is 32.1. The Bertz CT molecular complexity index is 1510. The highest BCUT2D eigenvalue weighted by Crippen LogP contribution is 2.34. The van der Waals surface area contributed by atoms with Crippen LogP contribution in [0.25, 0.3) is 55.8 Å². The summed E-state index contributed by atoms with van der Waals surface area (Å²) in [5.74, 6) is 0. The van der Waals surface area contributed by atoms with Crippen LogP contribution in [-0.2, 0) is 0 Å². The van der Waals surface area contributed by atoms with Gasteiger partial charge in [-0.3, -0.25) is 10.1 Å². The fourth-order valence-electron chi connectivity index (χ4n) is 3.77. The van der Waals surface area contributed by atoms with Crippen LogP contribution in [0, 0.1) is 6.92 Å². The number of hydrogen-bond donors (Lipinski definition) is 2. The number of aromatic nitrogens is 6. The van der Waals surface area contributed by atoms with Gasteiger partial charge in [-0.2, -0.15) is 16.4 Å². The first kappa shape index (κ1) is 17.1. The van der Waals surface area contributed by atoms with E-state index in [4.69, 9.17) is 4.98 Å². The number of rotatable bonds is 3. The lowest BCUT2D eigenvalue weighted by molar-refractivity contribution is 1.12. The average molecular weight is 408 g/mol. The molecular formula is C23H16N6S. The van der Waals surface area contributed by atoms with Crippen molar-refractivity contribution in [2.75, 3.05) is 0 Å². The van der Waals surface area contributed by atoms with Gasteiger partial charge < -0.3 is 4.98 Å². The van der Waals surface area contributed by atoms with Gasteiger partial charge in [0.1, 0.15) is 16.9 Å². The van der Waals surface area contributed by atoms with Crippen LogP contribution in [0.5, 0.6) is 0 Å². The van der Waals surface area contributed by atoms with Gasteiger partial charge in [0.15, 0.2) is 0 Å². The molecular weight excluding hydrogens is 392 g/mol. The summed E-state index contributed by atoms with van der Waals surface area (Å²) in [5, 5.41) is 12.9. The summed E-state index contributed by atoms with van der Waals surface area (Å²) >= 11 is 1.69. The van der Waals surface area contributed by atoms with Crippen molar-refractivity contribution < 1.29 is 0 Å². The summed E-state index contributed by atoms with van der Waals surface area (Å²) in [6.45, 7) is 2.03. The van der Waals surface area contributed by atoms with Gasteiger partial charge in [0, 0.05) is 29.5 Å². The molecule has 0 radical (unpaired) electrons. The Morgan fingerprint density at radius 3 is 2.83 bits per heavy atom. The summed E-state index contributed by atoms with van der Waals surface area (Å²) < 4.78 is 0. The Morgan fingerprint density at radius 2 is 1.97 bits per heavy atom. The summed E-state index contributed by atoms with van der Waals surface area (Å²) in [6.07, 6.45) is 5.51. The number of aryl methyl sites for hydroxylation is 1. The number of aromatic amines is 2. The van der Waals surface area contributed by atoms with Crippen molar-refractivity contribution in [1.82, 2.24) is 30.1 Å². The van der Waals surface area contributed by atoms with Crippen molar-refractivity contribution in [1.29, 1.82) is 0 Å². The molecule has 2 N–H and O–H groups in total. The van der Waals surface area contributed by atoms with Crippen LogP contribution in [-0.4, -0.2) is 30.1 Å². The number of hydrogen-bond acceptors (Lipinski definition) is 5.